The van der Waals surface area contributed by atoms with Crippen molar-refractivity contribution in [1.82, 2.24) is 14.0 Å². The van der Waals surface area contributed by atoms with E-state index in [9.17, 15) is 9.59 Å². The first-order valence-corrected chi connectivity index (χ1v) is 8.54. The van der Waals surface area contributed by atoms with Crippen LogP contribution in [0.3, 0.4) is 0 Å². The SMILES string of the molecule is COC(=O)c1cc2sc(C)cc2n1Cc1cc(=O)n2ccccc2n1. The first-order valence-electron chi connectivity index (χ1n) is 7.72. The number of pyridine rings is 1. The average Bonchev–Trinajstić information content (AvgIpc) is 3.11. The fraction of sp³-hybridized carbons (Fsp3) is 0.167. The molecular weight excluding hydrogens is 338 g/mol. The van der Waals surface area contributed by atoms with Crippen LogP contribution in [0, 0.1) is 6.92 Å². The van der Waals surface area contributed by atoms with Crippen LogP contribution in [0.4, 0.5) is 0 Å². The summed E-state index contributed by atoms with van der Waals surface area (Å²) in [6.45, 7) is 2.35. The van der Waals surface area contributed by atoms with Crippen molar-refractivity contribution in [2.24, 2.45) is 0 Å². The molecule has 0 atom stereocenters. The molecule has 0 saturated carbocycles. The van der Waals surface area contributed by atoms with Gasteiger partial charge in [-0.05, 0) is 31.2 Å². The van der Waals surface area contributed by atoms with Crippen LogP contribution < -0.4 is 5.56 Å². The average molecular weight is 353 g/mol. The van der Waals surface area contributed by atoms with Crippen molar-refractivity contribution in [3.05, 3.63) is 69.2 Å². The van der Waals surface area contributed by atoms with Gasteiger partial charge in [0.05, 0.1) is 29.6 Å². The van der Waals surface area contributed by atoms with Gasteiger partial charge in [0.1, 0.15) is 11.3 Å². The molecule has 0 aliphatic carbocycles. The summed E-state index contributed by atoms with van der Waals surface area (Å²) in [6.07, 6.45) is 1.68. The van der Waals surface area contributed by atoms with Crippen molar-refractivity contribution in [2.75, 3.05) is 7.11 Å². The summed E-state index contributed by atoms with van der Waals surface area (Å²) in [4.78, 5) is 30.1. The number of carbonyl (C=O) groups is 1. The maximum atomic E-state index is 12.3. The fourth-order valence-corrected chi connectivity index (χ4v) is 3.92. The number of fused-ring (bicyclic) bond motifs is 2. The van der Waals surface area contributed by atoms with Crippen LogP contribution in [-0.2, 0) is 11.3 Å². The quantitative estimate of drug-likeness (QED) is 0.531. The summed E-state index contributed by atoms with van der Waals surface area (Å²) in [6, 6.07) is 10.8. The molecule has 0 radical (unpaired) electrons. The number of thiophene rings is 1. The van der Waals surface area contributed by atoms with Crippen LogP contribution in [0.25, 0.3) is 15.9 Å². The summed E-state index contributed by atoms with van der Waals surface area (Å²) < 4.78 is 9.25. The maximum absolute atomic E-state index is 12.3. The Morgan fingerprint density at radius 2 is 2.12 bits per heavy atom. The number of carbonyl (C=O) groups excluding carboxylic acids is 1. The molecule has 4 rings (SSSR count). The van der Waals surface area contributed by atoms with E-state index in [2.05, 4.69) is 4.98 Å². The van der Waals surface area contributed by atoms with Gasteiger partial charge in [-0.25, -0.2) is 9.78 Å². The lowest BCUT2D eigenvalue weighted by atomic mass is 10.3. The Bertz CT molecular complexity index is 1170. The van der Waals surface area contributed by atoms with Crippen LogP contribution >= 0.6 is 11.3 Å². The Kier molecular flexibility index (Phi) is 3.65. The molecule has 126 valence electrons. The number of methoxy groups -OCH3 is 1. The second-order valence-corrected chi connectivity index (χ2v) is 7.02. The van der Waals surface area contributed by atoms with Gasteiger partial charge in [0.25, 0.3) is 5.56 Å². The van der Waals surface area contributed by atoms with Crippen LogP contribution in [0.1, 0.15) is 21.1 Å². The Balaban J connectivity index is 1.87. The normalized spacial score (nSPS) is 11.3. The van der Waals surface area contributed by atoms with Gasteiger partial charge in [0.15, 0.2) is 0 Å². The summed E-state index contributed by atoms with van der Waals surface area (Å²) >= 11 is 1.62. The Labute approximate surface area is 146 Å². The van der Waals surface area contributed by atoms with E-state index in [1.807, 2.05) is 29.7 Å². The molecule has 0 amide bonds. The molecule has 4 heterocycles. The number of nitrogens with zero attached hydrogens (tertiary/aromatic N) is 3. The summed E-state index contributed by atoms with van der Waals surface area (Å²) in [5.41, 5.74) is 2.43. The third-order valence-corrected chi connectivity index (χ3v) is 5.04. The molecule has 0 aliphatic heterocycles. The number of rotatable bonds is 3. The van der Waals surface area contributed by atoms with Crippen molar-refractivity contribution < 1.29 is 9.53 Å². The first-order chi connectivity index (χ1) is 12.1. The van der Waals surface area contributed by atoms with E-state index in [0.717, 1.165) is 15.1 Å². The third-order valence-electron chi connectivity index (χ3n) is 4.05. The van der Waals surface area contributed by atoms with Gasteiger partial charge >= 0.3 is 5.97 Å². The number of aromatic nitrogens is 3. The van der Waals surface area contributed by atoms with Crippen LogP contribution in [-0.4, -0.2) is 27.0 Å². The molecule has 0 N–H and O–H groups in total. The topological polar surface area (TPSA) is 65.6 Å². The molecule has 25 heavy (non-hydrogen) atoms. The van der Waals surface area contributed by atoms with E-state index in [4.69, 9.17) is 4.74 Å². The molecule has 4 aromatic heterocycles. The molecule has 6 nitrogen and oxygen atoms in total. The van der Waals surface area contributed by atoms with Gasteiger partial charge in [-0.15, -0.1) is 11.3 Å². The molecule has 0 saturated heterocycles. The zero-order chi connectivity index (χ0) is 17.6. The lowest BCUT2D eigenvalue weighted by Gasteiger charge is -2.09. The zero-order valence-electron chi connectivity index (χ0n) is 13.7. The predicted molar refractivity (Wildman–Crippen MR) is 96.5 cm³/mol. The molecule has 0 fully saturated rings. The van der Waals surface area contributed by atoms with Gasteiger partial charge in [-0.3, -0.25) is 9.20 Å². The highest BCUT2D eigenvalue weighted by atomic mass is 32.1. The fourth-order valence-electron chi connectivity index (χ4n) is 2.96. The smallest absolute Gasteiger partial charge is 0.354 e. The standard InChI is InChI=1S/C18H15N3O3S/c1-11-7-13-15(25-11)9-14(18(23)24-2)21(13)10-12-8-17(22)20-6-4-3-5-16(20)19-12/h3-9H,10H2,1-2H3. The van der Waals surface area contributed by atoms with Gasteiger partial charge < -0.3 is 9.30 Å². The third kappa shape index (κ3) is 2.62. The Morgan fingerprint density at radius 3 is 2.92 bits per heavy atom. The Hall–Kier alpha value is -2.93. The number of aryl methyl sites for hydroxylation is 1. The highest BCUT2D eigenvalue weighted by Gasteiger charge is 2.18. The van der Waals surface area contributed by atoms with Gasteiger partial charge in [-0.1, -0.05) is 6.07 Å². The van der Waals surface area contributed by atoms with E-state index in [-0.39, 0.29) is 5.56 Å². The molecule has 0 bridgehead atoms. The summed E-state index contributed by atoms with van der Waals surface area (Å²) in [5.74, 6) is -0.404. The van der Waals surface area contributed by atoms with E-state index in [1.165, 1.54) is 17.6 Å². The van der Waals surface area contributed by atoms with E-state index >= 15 is 0 Å². The molecule has 0 unspecified atom stereocenters. The number of hydrogen-bond acceptors (Lipinski definition) is 5. The van der Waals surface area contributed by atoms with Gasteiger partial charge in [0.2, 0.25) is 0 Å². The minimum atomic E-state index is -0.404. The molecule has 4 aromatic rings. The van der Waals surface area contributed by atoms with Crippen molar-refractivity contribution in [3.8, 4) is 0 Å². The zero-order valence-corrected chi connectivity index (χ0v) is 14.5. The van der Waals surface area contributed by atoms with Crippen LogP contribution in [0.15, 0.2) is 47.4 Å². The van der Waals surface area contributed by atoms with E-state index < -0.39 is 5.97 Å². The maximum Gasteiger partial charge on any atom is 0.354 e. The van der Waals surface area contributed by atoms with Crippen molar-refractivity contribution in [3.63, 3.8) is 0 Å². The van der Waals surface area contributed by atoms with Crippen molar-refractivity contribution in [1.29, 1.82) is 0 Å². The van der Waals surface area contributed by atoms with Crippen molar-refractivity contribution >= 4 is 33.2 Å². The minimum absolute atomic E-state index is 0.148. The number of esters is 1. The van der Waals surface area contributed by atoms with E-state index in [0.29, 0.717) is 23.6 Å². The van der Waals surface area contributed by atoms with E-state index in [1.54, 1.807) is 29.7 Å². The summed E-state index contributed by atoms with van der Waals surface area (Å²) in [7, 11) is 1.36. The predicted octanol–water partition coefficient (Wildman–Crippen LogP) is 2.85. The highest BCUT2D eigenvalue weighted by Crippen LogP contribution is 2.29. The van der Waals surface area contributed by atoms with Gasteiger partial charge in [-0.2, -0.15) is 0 Å². The second kappa shape index (κ2) is 5.86. The van der Waals surface area contributed by atoms with Crippen molar-refractivity contribution in [2.45, 2.75) is 13.5 Å². The number of ether oxygens (including phenoxy) is 1. The molecule has 0 aromatic carbocycles. The minimum Gasteiger partial charge on any atom is -0.464 e. The monoisotopic (exact) mass is 353 g/mol. The highest BCUT2D eigenvalue weighted by molar-refractivity contribution is 7.19. The molecule has 7 heteroatoms. The van der Waals surface area contributed by atoms with Gasteiger partial charge in [0, 0.05) is 17.1 Å². The van der Waals surface area contributed by atoms with Crippen LogP contribution in [0.2, 0.25) is 0 Å². The molecule has 0 spiro atoms. The number of hydrogen-bond donors (Lipinski definition) is 0. The second-order valence-electron chi connectivity index (χ2n) is 5.73. The Morgan fingerprint density at radius 1 is 1.28 bits per heavy atom. The molecule has 0 aliphatic rings. The lowest BCUT2D eigenvalue weighted by Crippen LogP contribution is -2.18. The largest absolute Gasteiger partial charge is 0.464 e. The summed E-state index contributed by atoms with van der Waals surface area (Å²) in [5, 5.41) is 0. The lowest BCUT2D eigenvalue weighted by molar-refractivity contribution is 0.0589. The van der Waals surface area contributed by atoms with Crippen LogP contribution in [0.5, 0.6) is 0 Å². The first kappa shape index (κ1) is 15.6. The molecular formula is C18H15N3O3S.